The third kappa shape index (κ3) is 7.50. The Morgan fingerprint density at radius 2 is 1.68 bits per heavy atom. The van der Waals surface area contributed by atoms with E-state index in [-0.39, 0.29) is 22.9 Å². The Bertz CT molecular complexity index is 1520. The van der Waals surface area contributed by atoms with Crippen LogP contribution in [0.2, 0.25) is 0 Å². The molecular weight excluding hydrogens is 510 g/mol. The van der Waals surface area contributed by atoms with Gasteiger partial charge in [0.15, 0.2) is 0 Å². The van der Waals surface area contributed by atoms with Gasteiger partial charge in [-0.15, -0.1) is 11.3 Å². The van der Waals surface area contributed by atoms with Crippen molar-refractivity contribution in [3.05, 3.63) is 124 Å². The van der Waals surface area contributed by atoms with Gasteiger partial charge in [0, 0.05) is 16.5 Å². The van der Waals surface area contributed by atoms with E-state index >= 15 is 0 Å². The van der Waals surface area contributed by atoms with E-state index in [0.717, 1.165) is 4.88 Å². The van der Waals surface area contributed by atoms with Crippen LogP contribution in [-0.2, 0) is 27.9 Å². The quantitative estimate of drug-likeness (QED) is 0.306. The van der Waals surface area contributed by atoms with Crippen molar-refractivity contribution in [1.82, 2.24) is 14.6 Å². The van der Waals surface area contributed by atoms with Gasteiger partial charge in [-0.1, -0.05) is 42.5 Å². The van der Waals surface area contributed by atoms with Crippen molar-refractivity contribution in [2.75, 3.05) is 6.54 Å². The fraction of sp³-hybridized carbons (Fsp3) is 0.111. The van der Waals surface area contributed by atoms with Crippen LogP contribution in [0.5, 0.6) is 0 Å². The lowest BCUT2D eigenvalue weighted by atomic mass is 10.2. The van der Waals surface area contributed by atoms with Crippen LogP contribution in [0.25, 0.3) is 10.9 Å². The first-order valence-electron chi connectivity index (χ1n) is 11.4. The van der Waals surface area contributed by atoms with Crippen LogP contribution in [0, 0.1) is 0 Å². The maximum Gasteiger partial charge on any atom is 0.248 e. The molecule has 190 valence electrons. The smallest absolute Gasteiger partial charge is 0.248 e. The molecule has 0 saturated carbocycles. The van der Waals surface area contributed by atoms with Crippen molar-refractivity contribution >= 4 is 38.2 Å². The lowest BCUT2D eigenvalue weighted by Gasteiger charge is -2.21. The molecule has 5 aromatic rings. The van der Waals surface area contributed by atoms with E-state index in [1.54, 1.807) is 18.2 Å². The van der Waals surface area contributed by atoms with Crippen LogP contribution in [0.4, 0.5) is 0 Å². The van der Waals surface area contributed by atoms with Crippen LogP contribution in [0.3, 0.4) is 0 Å². The molecule has 0 aliphatic carbocycles. The van der Waals surface area contributed by atoms with Gasteiger partial charge in [-0.2, -0.15) is 0 Å². The van der Waals surface area contributed by atoms with Gasteiger partial charge < -0.3 is 14.3 Å². The lowest BCUT2D eigenvalue weighted by molar-refractivity contribution is -0.131. The summed E-state index contributed by atoms with van der Waals surface area (Å²) >= 11 is 1.52. The van der Waals surface area contributed by atoms with Crippen molar-refractivity contribution < 1.29 is 17.6 Å². The fourth-order valence-electron chi connectivity index (χ4n) is 3.45. The summed E-state index contributed by atoms with van der Waals surface area (Å²) in [6.45, 7) is 0.190. The summed E-state index contributed by atoms with van der Waals surface area (Å²) in [6, 6.07) is 26.5. The largest absolute Gasteiger partial charge is 0.467 e. The monoisotopic (exact) mass is 535 g/mol. The minimum Gasteiger partial charge on any atom is -0.467 e. The van der Waals surface area contributed by atoms with Gasteiger partial charge in [0.05, 0.1) is 30.8 Å². The highest BCUT2D eigenvalue weighted by molar-refractivity contribution is 7.89. The van der Waals surface area contributed by atoms with Crippen LogP contribution in [0.15, 0.2) is 117 Å². The van der Waals surface area contributed by atoms with E-state index in [2.05, 4.69) is 9.71 Å². The van der Waals surface area contributed by atoms with E-state index in [9.17, 15) is 18.0 Å². The summed E-state index contributed by atoms with van der Waals surface area (Å²) in [5.41, 5.74) is 0.261. The number of carbonyl (C=O) groups excluding carboxylic acids is 1. The number of hydrogen-bond donors (Lipinski definition) is 2. The van der Waals surface area contributed by atoms with Crippen LogP contribution in [0.1, 0.15) is 10.6 Å². The SMILES string of the molecule is O=C(CNS(=O)(=O)c1ccc2[nH]c(=O)ccc2c1)N(Cc1ccco1)Cc1cccs1.c1ccccc1. The molecule has 2 aromatic carbocycles. The highest BCUT2D eigenvalue weighted by Crippen LogP contribution is 2.17. The second-order valence-corrected chi connectivity index (χ2v) is 10.8. The number of sulfonamides is 1. The van der Waals surface area contributed by atoms with Gasteiger partial charge >= 0.3 is 0 Å². The standard InChI is InChI=1S/C21H19N3O5S2.C6H6/c25-20-8-5-15-11-18(6-7-19(15)23-20)31(27,28)22-12-21(26)24(13-16-3-1-9-29-16)14-17-4-2-10-30-17;1-2-4-6-5-3-1/h1-11,22H,12-14H2,(H,23,25);1-6H. The topological polar surface area (TPSA) is 112 Å². The number of aromatic amines is 1. The molecule has 0 spiro atoms. The number of fused-ring (bicyclic) bond motifs is 1. The van der Waals surface area contributed by atoms with E-state index in [1.807, 2.05) is 53.9 Å². The molecule has 2 N–H and O–H groups in total. The number of benzene rings is 2. The summed E-state index contributed by atoms with van der Waals surface area (Å²) in [7, 11) is -3.92. The summed E-state index contributed by atoms with van der Waals surface area (Å²) in [6.07, 6.45) is 1.53. The van der Waals surface area contributed by atoms with E-state index in [4.69, 9.17) is 4.42 Å². The number of furan rings is 1. The summed E-state index contributed by atoms with van der Waals surface area (Å²) in [5, 5.41) is 2.49. The zero-order chi connectivity index (χ0) is 26.1. The molecule has 37 heavy (non-hydrogen) atoms. The number of carbonyl (C=O) groups is 1. The maximum absolute atomic E-state index is 12.8. The summed E-state index contributed by atoms with van der Waals surface area (Å²) in [4.78, 5) is 29.4. The number of aromatic nitrogens is 1. The van der Waals surface area contributed by atoms with E-state index in [1.165, 1.54) is 46.8 Å². The van der Waals surface area contributed by atoms with Crippen LogP contribution < -0.4 is 10.3 Å². The third-order valence-electron chi connectivity index (χ3n) is 5.29. The molecule has 0 fully saturated rings. The number of nitrogens with one attached hydrogen (secondary N) is 2. The number of thiophene rings is 1. The van der Waals surface area contributed by atoms with E-state index in [0.29, 0.717) is 23.2 Å². The average molecular weight is 536 g/mol. The normalized spacial score (nSPS) is 11.0. The molecule has 3 heterocycles. The number of hydrogen-bond acceptors (Lipinski definition) is 6. The molecule has 0 aliphatic rings. The Morgan fingerprint density at radius 3 is 2.32 bits per heavy atom. The first-order valence-corrected chi connectivity index (χ1v) is 13.7. The molecule has 0 bridgehead atoms. The van der Waals surface area contributed by atoms with Crippen molar-refractivity contribution in [1.29, 1.82) is 0 Å². The molecule has 5 rings (SSSR count). The zero-order valence-corrected chi connectivity index (χ0v) is 21.4. The number of nitrogens with zero attached hydrogens (tertiary/aromatic N) is 1. The first kappa shape index (κ1) is 26.1. The maximum atomic E-state index is 12.8. The molecular formula is C27H25N3O5S2. The molecule has 8 nitrogen and oxygen atoms in total. The van der Waals surface area contributed by atoms with Gasteiger partial charge in [-0.3, -0.25) is 9.59 Å². The highest BCUT2D eigenvalue weighted by Gasteiger charge is 2.21. The summed E-state index contributed by atoms with van der Waals surface area (Å²) < 4.78 is 33.2. The number of rotatable bonds is 8. The third-order valence-corrected chi connectivity index (χ3v) is 7.55. The van der Waals surface area contributed by atoms with Gasteiger partial charge in [0.1, 0.15) is 5.76 Å². The Morgan fingerprint density at radius 1 is 0.919 bits per heavy atom. The Kier molecular flexibility index (Phi) is 8.68. The van der Waals surface area contributed by atoms with Crippen molar-refractivity contribution in [2.24, 2.45) is 0 Å². The van der Waals surface area contributed by atoms with Crippen molar-refractivity contribution in [3.63, 3.8) is 0 Å². The van der Waals surface area contributed by atoms with Gasteiger partial charge in [0.2, 0.25) is 21.5 Å². The second kappa shape index (κ2) is 12.3. The molecule has 0 saturated heterocycles. The van der Waals surface area contributed by atoms with Crippen LogP contribution >= 0.6 is 11.3 Å². The molecule has 0 atom stereocenters. The predicted octanol–water partition coefficient (Wildman–Crippen LogP) is 4.38. The van der Waals surface area contributed by atoms with E-state index < -0.39 is 16.6 Å². The predicted molar refractivity (Wildman–Crippen MR) is 143 cm³/mol. The lowest BCUT2D eigenvalue weighted by Crippen LogP contribution is -2.39. The molecule has 0 radical (unpaired) electrons. The fourth-order valence-corrected chi connectivity index (χ4v) is 5.18. The first-order chi connectivity index (χ1) is 17.9. The van der Waals surface area contributed by atoms with Gasteiger partial charge in [-0.05, 0) is 53.2 Å². The Hall–Kier alpha value is -3.99. The average Bonchev–Trinajstić information content (AvgIpc) is 3.63. The summed E-state index contributed by atoms with van der Waals surface area (Å²) in [5.74, 6) is 0.231. The zero-order valence-electron chi connectivity index (χ0n) is 19.7. The Balaban J connectivity index is 0.000000469. The Labute approximate surface area is 218 Å². The molecule has 10 heteroatoms. The molecule has 1 amide bonds. The number of H-pyrrole nitrogens is 1. The molecule has 3 aromatic heterocycles. The number of pyridine rings is 1. The molecule has 0 unspecified atom stereocenters. The minimum atomic E-state index is -3.92. The number of amides is 1. The highest BCUT2D eigenvalue weighted by atomic mass is 32.2. The van der Waals surface area contributed by atoms with Crippen molar-refractivity contribution in [2.45, 2.75) is 18.0 Å². The van der Waals surface area contributed by atoms with Crippen molar-refractivity contribution in [3.8, 4) is 0 Å². The minimum absolute atomic E-state index is 0.00990. The second-order valence-electron chi connectivity index (χ2n) is 7.96. The van der Waals surface area contributed by atoms with Crippen LogP contribution in [-0.4, -0.2) is 30.8 Å². The van der Waals surface area contributed by atoms with Gasteiger partial charge in [0.25, 0.3) is 0 Å². The van der Waals surface area contributed by atoms with Gasteiger partial charge in [-0.25, -0.2) is 13.1 Å². The molecule has 0 aliphatic heterocycles.